The van der Waals surface area contributed by atoms with Crippen LogP contribution in [0.3, 0.4) is 0 Å². The smallest absolute Gasteiger partial charge is 0.348 e. The lowest BCUT2D eigenvalue weighted by Crippen LogP contribution is -2.54. The first kappa shape index (κ1) is 17.0. The number of aromatic nitrogens is 1. The molecule has 0 bridgehead atoms. The van der Waals surface area contributed by atoms with Gasteiger partial charge in [0.1, 0.15) is 11.4 Å². The van der Waals surface area contributed by atoms with E-state index in [-0.39, 0.29) is 18.7 Å². The molecule has 0 aliphatic carbocycles. The third-order valence-corrected chi connectivity index (χ3v) is 4.41. The molecule has 0 radical (unpaired) electrons. The number of carbonyl (C=O) groups is 2. The molecular weight excluding hydrogens is 320 g/mol. The highest BCUT2D eigenvalue weighted by Crippen LogP contribution is 2.29. The van der Waals surface area contributed by atoms with Crippen molar-refractivity contribution in [2.24, 2.45) is 0 Å². The second kappa shape index (κ2) is 6.93. The van der Waals surface area contributed by atoms with Crippen molar-refractivity contribution in [2.45, 2.75) is 25.4 Å². The maximum absolute atomic E-state index is 12.6. The predicted octanol–water partition coefficient (Wildman–Crippen LogP) is 2.53. The highest BCUT2D eigenvalue weighted by atomic mass is 16.5. The molecular formula is C19H20N2O4. The van der Waals surface area contributed by atoms with Crippen LogP contribution in [-0.4, -0.2) is 45.6 Å². The summed E-state index contributed by atoms with van der Waals surface area (Å²) >= 11 is 0. The maximum Gasteiger partial charge on any atom is 0.348 e. The fourth-order valence-corrected chi connectivity index (χ4v) is 2.97. The molecule has 2 heterocycles. The molecule has 1 saturated heterocycles. The number of benzene rings is 1. The summed E-state index contributed by atoms with van der Waals surface area (Å²) in [6.45, 7) is 2.46. The van der Waals surface area contributed by atoms with Crippen LogP contribution in [-0.2, 0) is 4.79 Å². The average molecular weight is 340 g/mol. The summed E-state index contributed by atoms with van der Waals surface area (Å²) in [5.74, 6) is -0.662. The number of rotatable bonds is 4. The molecule has 1 fully saturated rings. The van der Waals surface area contributed by atoms with Gasteiger partial charge in [-0.3, -0.25) is 4.79 Å². The number of para-hydroxylation sites is 1. The molecule has 0 saturated carbocycles. The number of carboxylic acids is 1. The summed E-state index contributed by atoms with van der Waals surface area (Å²) in [5, 5.41) is 9.69. The molecule has 1 aromatic heterocycles. The van der Waals surface area contributed by atoms with Crippen LogP contribution in [0.2, 0.25) is 0 Å². The molecule has 6 heteroatoms. The van der Waals surface area contributed by atoms with E-state index in [1.165, 1.54) is 0 Å². The zero-order chi connectivity index (χ0) is 17.9. The molecule has 3 rings (SSSR count). The Morgan fingerprint density at radius 1 is 1.08 bits per heavy atom. The highest BCUT2D eigenvalue weighted by molar-refractivity contribution is 5.92. The fraction of sp³-hybridized carbons (Fsp3) is 0.316. The van der Waals surface area contributed by atoms with Crippen molar-refractivity contribution in [3.8, 4) is 5.75 Å². The Hall–Kier alpha value is -2.89. The molecule has 1 amide bonds. The summed E-state index contributed by atoms with van der Waals surface area (Å²) in [6, 6.07) is 14.2. The van der Waals surface area contributed by atoms with Crippen LogP contribution >= 0.6 is 0 Å². The molecule has 0 spiro atoms. The summed E-state index contributed by atoms with van der Waals surface area (Å²) in [7, 11) is 0. The van der Waals surface area contributed by atoms with Crippen LogP contribution in [0.1, 0.15) is 29.0 Å². The summed E-state index contributed by atoms with van der Waals surface area (Å²) in [4.78, 5) is 30.3. The third kappa shape index (κ3) is 3.63. The quantitative estimate of drug-likeness (QED) is 0.925. The van der Waals surface area contributed by atoms with Crippen molar-refractivity contribution in [3.63, 3.8) is 0 Å². The van der Waals surface area contributed by atoms with E-state index in [0.717, 1.165) is 5.69 Å². The van der Waals surface area contributed by atoms with Crippen molar-refractivity contribution in [3.05, 3.63) is 59.9 Å². The number of nitrogens with zero attached hydrogens (tertiary/aromatic N) is 2. The largest absolute Gasteiger partial charge is 0.478 e. The topological polar surface area (TPSA) is 79.7 Å². The van der Waals surface area contributed by atoms with E-state index in [4.69, 9.17) is 4.74 Å². The predicted molar refractivity (Wildman–Crippen MR) is 91.5 cm³/mol. The van der Waals surface area contributed by atoms with E-state index in [2.05, 4.69) is 4.98 Å². The number of aliphatic carboxylic acids is 1. The number of ether oxygens (including phenoxy) is 1. The molecule has 0 atom stereocenters. The first-order chi connectivity index (χ1) is 12.0. The summed E-state index contributed by atoms with van der Waals surface area (Å²) < 4.78 is 5.80. The second-order valence-electron chi connectivity index (χ2n) is 6.17. The van der Waals surface area contributed by atoms with E-state index in [9.17, 15) is 14.7 Å². The minimum Gasteiger partial charge on any atom is -0.478 e. The molecule has 1 aliphatic heterocycles. The number of pyridine rings is 1. The molecule has 1 N–H and O–H groups in total. The maximum atomic E-state index is 12.6. The zero-order valence-electron chi connectivity index (χ0n) is 14.0. The first-order valence-corrected chi connectivity index (χ1v) is 8.21. The van der Waals surface area contributed by atoms with E-state index >= 15 is 0 Å². The average Bonchev–Trinajstić information content (AvgIpc) is 2.62. The van der Waals surface area contributed by atoms with E-state index in [0.29, 0.717) is 24.5 Å². The molecule has 1 aliphatic rings. The van der Waals surface area contributed by atoms with Gasteiger partial charge in [-0.25, -0.2) is 9.78 Å². The van der Waals surface area contributed by atoms with Crippen molar-refractivity contribution in [1.29, 1.82) is 0 Å². The number of hydrogen-bond acceptors (Lipinski definition) is 4. The van der Waals surface area contributed by atoms with Crippen molar-refractivity contribution in [1.82, 2.24) is 9.88 Å². The first-order valence-electron chi connectivity index (χ1n) is 8.21. The normalized spacial score (nSPS) is 16.3. The van der Waals surface area contributed by atoms with Gasteiger partial charge in [-0.2, -0.15) is 0 Å². The highest BCUT2D eigenvalue weighted by Gasteiger charge is 2.45. The van der Waals surface area contributed by atoms with Gasteiger partial charge in [-0.15, -0.1) is 0 Å². The van der Waals surface area contributed by atoms with Gasteiger partial charge in [0.05, 0.1) is 0 Å². The Kier molecular flexibility index (Phi) is 4.70. The van der Waals surface area contributed by atoms with E-state index < -0.39 is 11.6 Å². The number of aryl methyl sites for hydroxylation is 1. The van der Waals surface area contributed by atoms with E-state index in [1.807, 2.05) is 19.1 Å². The molecule has 130 valence electrons. The van der Waals surface area contributed by atoms with Gasteiger partial charge in [0.25, 0.3) is 5.91 Å². The molecule has 25 heavy (non-hydrogen) atoms. The van der Waals surface area contributed by atoms with Crippen LogP contribution in [0.4, 0.5) is 0 Å². The lowest BCUT2D eigenvalue weighted by Gasteiger charge is -2.38. The number of likely N-dealkylation sites (tertiary alicyclic amines) is 1. The molecule has 1 aromatic carbocycles. The van der Waals surface area contributed by atoms with Gasteiger partial charge < -0.3 is 14.7 Å². The molecule has 2 aromatic rings. The number of piperidine rings is 1. The number of hydrogen-bond donors (Lipinski definition) is 1. The lowest BCUT2D eigenvalue weighted by atomic mass is 9.90. The van der Waals surface area contributed by atoms with Crippen LogP contribution in [0.25, 0.3) is 0 Å². The van der Waals surface area contributed by atoms with Gasteiger partial charge in [0, 0.05) is 31.6 Å². The number of carboxylic acid groups (broad SMARTS) is 1. The SMILES string of the molecule is Cc1cccc(C(=O)N2CCC(Oc3ccccc3)(C(=O)O)CC2)n1. The van der Waals surface area contributed by atoms with Crippen LogP contribution < -0.4 is 4.74 Å². The standard InChI is InChI=1S/C19H20N2O4/c1-14-6-5-9-16(20-14)17(22)21-12-10-19(11-13-21,18(23)24)25-15-7-3-2-4-8-15/h2-9H,10-13H2,1H3,(H,23,24). The number of carbonyl (C=O) groups excluding carboxylic acids is 1. The molecule has 0 unspecified atom stereocenters. The Bertz CT molecular complexity index is 768. The van der Waals surface area contributed by atoms with Crippen LogP contribution in [0, 0.1) is 6.92 Å². The van der Waals surface area contributed by atoms with Crippen molar-refractivity contribution in [2.75, 3.05) is 13.1 Å². The third-order valence-electron chi connectivity index (χ3n) is 4.41. The Balaban J connectivity index is 1.72. The van der Waals surface area contributed by atoms with Gasteiger partial charge >= 0.3 is 5.97 Å². The van der Waals surface area contributed by atoms with Crippen LogP contribution in [0.5, 0.6) is 5.75 Å². The van der Waals surface area contributed by atoms with Crippen LogP contribution in [0.15, 0.2) is 48.5 Å². The minimum absolute atomic E-state index is 0.178. The van der Waals surface area contributed by atoms with E-state index in [1.54, 1.807) is 41.3 Å². The van der Waals surface area contributed by atoms with Gasteiger partial charge in [0.2, 0.25) is 5.60 Å². The minimum atomic E-state index is -1.31. The fourth-order valence-electron chi connectivity index (χ4n) is 2.97. The number of amides is 1. The van der Waals surface area contributed by atoms with Crippen molar-refractivity contribution < 1.29 is 19.4 Å². The van der Waals surface area contributed by atoms with Crippen molar-refractivity contribution >= 4 is 11.9 Å². The summed E-state index contributed by atoms with van der Waals surface area (Å²) in [6.07, 6.45) is 0.462. The Morgan fingerprint density at radius 3 is 2.36 bits per heavy atom. The lowest BCUT2D eigenvalue weighted by molar-refractivity contribution is -0.159. The van der Waals surface area contributed by atoms with Gasteiger partial charge in [-0.1, -0.05) is 24.3 Å². The van der Waals surface area contributed by atoms with Gasteiger partial charge in [0.15, 0.2) is 0 Å². The Morgan fingerprint density at radius 2 is 1.76 bits per heavy atom. The second-order valence-corrected chi connectivity index (χ2v) is 6.17. The monoisotopic (exact) mass is 340 g/mol. The zero-order valence-corrected chi connectivity index (χ0v) is 14.0. The van der Waals surface area contributed by atoms with Gasteiger partial charge in [-0.05, 0) is 31.2 Å². The summed E-state index contributed by atoms with van der Waals surface area (Å²) in [5.41, 5.74) is -0.153. The molecule has 6 nitrogen and oxygen atoms in total. The Labute approximate surface area is 146 Å².